The second-order valence-electron chi connectivity index (χ2n) is 3.03. The molecule has 0 bridgehead atoms. The number of rotatable bonds is 3. The van der Waals surface area contributed by atoms with E-state index in [1.807, 2.05) is 0 Å². The van der Waals surface area contributed by atoms with Crippen LogP contribution in [-0.4, -0.2) is 11.2 Å². The molecule has 1 aromatic rings. The van der Waals surface area contributed by atoms with Crippen molar-refractivity contribution in [3.63, 3.8) is 0 Å². The number of amides is 1. The maximum atomic E-state index is 12.5. The number of alkyl halides is 4. The van der Waals surface area contributed by atoms with Crippen LogP contribution in [0.3, 0.4) is 0 Å². The van der Waals surface area contributed by atoms with Gasteiger partial charge in [0.1, 0.15) is 0 Å². The summed E-state index contributed by atoms with van der Waals surface area (Å²) in [6.07, 6.45) is -4.33. The fourth-order valence-electron chi connectivity index (χ4n) is 1.14. The Morgan fingerprint density at radius 1 is 1.31 bits per heavy atom. The van der Waals surface area contributed by atoms with Gasteiger partial charge in [0, 0.05) is 11.8 Å². The van der Waals surface area contributed by atoms with E-state index in [0.717, 1.165) is 6.07 Å². The Morgan fingerprint density at radius 2 is 1.94 bits per heavy atom. The molecule has 0 unspecified atom stereocenters. The van der Waals surface area contributed by atoms with Crippen molar-refractivity contribution in [2.45, 2.75) is 12.6 Å². The molecule has 1 N–H and O–H groups in total. The average Bonchev–Trinajstić information content (AvgIpc) is 2.17. The normalized spacial score (nSPS) is 11.2. The second kappa shape index (κ2) is 5.34. The zero-order chi connectivity index (χ0) is 12.2. The molecule has 1 aromatic carbocycles. The van der Waals surface area contributed by atoms with Crippen molar-refractivity contribution < 1.29 is 18.0 Å². The molecule has 6 heteroatoms. The van der Waals surface area contributed by atoms with Crippen molar-refractivity contribution in [3.8, 4) is 0 Å². The highest BCUT2D eigenvalue weighted by Gasteiger charge is 2.33. The number of anilines is 1. The summed E-state index contributed by atoms with van der Waals surface area (Å²) in [7, 11) is 0. The first-order valence-electron chi connectivity index (χ1n) is 4.47. The predicted molar refractivity (Wildman–Crippen MR) is 58.5 cm³/mol. The molecule has 0 spiro atoms. The van der Waals surface area contributed by atoms with Gasteiger partial charge in [0.15, 0.2) is 0 Å². The van der Waals surface area contributed by atoms with Crippen LogP contribution in [0.2, 0.25) is 0 Å². The van der Waals surface area contributed by atoms with Gasteiger partial charge in [-0.3, -0.25) is 4.79 Å². The third-order valence-electron chi connectivity index (χ3n) is 1.83. The summed E-state index contributed by atoms with van der Waals surface area (Å²) >= 11 is 3.04. The van der Waals surface area contributed by atoms with Crippen LogP contribution >= 0.6 is 15.9 Å². The number of benzene rings is 1. The van der Waals surface area contributed by atoms with E-state index in [-0.39, 0.29) is 12.1 Å². The van der Waals surface area contributed by atoms with Crippen molar-refractivity contribution in [1.29, 1.82) is 0 Å². The second-order valence-corrected chi connectivity index (χ2v) is 3.82. The molecule has 0 radical (unpaired) electrons. The lowest BCUT2D eigenvalue weighted by atomic mass is 10.1. The largest absolute Gasteiger partial charge is 0.418 e. The van der Waals surface area contributed by atoms with Gasteiger partial charge in [-0.15, -0.1) is 0 Å². The molecule has 0 aliphatic heterocycles. The minimum Gasteiger partial charge on any atom is -0.325 e. The minimum atomic E-state index is -4.46. The van der Waals surface area contributed by atoms with Gasteiger partial charge >= 0.3 is 6.18 Å². The van der Waals surface area contributed by atoms with E-state index >= 15 is 0 Å². The number of halogens is 4. The zero-order valence-corrected chi connectivity index (χ0v) is 9.73. The Labute approximate surface area is 99.0 Å². The third-order valence-corrected chi connectivity index (χ3v) is 2.22. The number of carbonyl (C=O) groups is 1. The van der Waals surface area contributed by atoms with Crippen LogP contribution in [0.5, 0.6) is 0 Å². The van der Waals surface area contributed by atoms with Gasteiger partial charge < -0.3 is 5.32 Å². The number of nitrogens with one attached hydrogen (secondary N) is 1. The molecule has 1 amide bonds. The molecule has 0 saturated carbocycles. The summed E-state index contributed by atoms with van der Waals surface area (Å²) in [6.45, 7) is 0. The van der Waals surface area contributed by atoms with E-state index in [9.17, 15) is 18.0 Å². The van der Waals surface area contributed by atoms with E-state index in [1.54, 1.807) is 0 Å². The van der Waals surface area contributed by atoms with E-state index in [4.69, 9.17) is 0 Å². The fraction of sp³-hybridized carbons (Fsp3) is 0.300. The smallest absolute Gasteiger partial charge is 0.325 e. The molecule has 0 atom stereocenters. The topological polar surface area (TPSA) is 29.1 Å². The third kappa shape index (κ3) is 3.52. The first-order chi connectivity index (χ1) is 7.45. The van der Waals surface area contributed by atoms with E-state index < -0.39 is 17.6 Å². The summed E-state index contributed by atoms with van der Waals surface area (Å²) in [5.41, 5.74) is -1.04. The first-order valence-corrected chi connectivity index (χ1v) is 5.59. The summed E-state index contributed by atoms with van der Waals surface area (Å²) in [6, 6.07) is 4.89. The van der Waals surface area contributed by atoms with Crippen LogP contribution in [0.25, 0.3) is 0 Å². The highest BCUT2D eigenvalue weighted by atomic mass is 79.9. The molecule has 2 nitrogen and oxygen atoms in total. The summed E-state index contributed by atoms with van der Waals surface area (Å²) < 4.78 is 37.6. The number of hydrogen-bond donors (Lipinski definition) is 1. The van der Waals surface area contributed by atoms with Crippen molar-refractivity contribution in [3.05, 3.63) is 29.8 Å². The lowest BCUT2D eigenvalue weighted by Gasteiger charge is -2.12. The van der Waals surface area contributed by atoms with Crippen LogP contribution in [0.15, 0.2) is 24.3 Å². The molecule has 0 saturated heterocycles. The van der Waals surface area contributed by atoms with Crippen molar-refractivity contribution in [2.24, 2.45) is 0 Å². The van der Waals surface area contributed by atoms with Crippen molar-refractivity contribution in [1.82, 2.24) is 0 Å². The lowest BCUT2D eigenvalue weighted by molar-refractivity contribution is -0.137. The SMILES string of the molecule is O=C(CCBr)Nc1ccccc1C(F)(F)F. The maximum absolute atomic E-state index is 12.5. The Balaban J connectivity index is 2.92. The van der Waals surface area contributed by atoms with Crippen LogP contribution in [0, 0.1) is 0 Å². The Kier molecular flexibility index (Phi) is 4.35. The molecule has 0 heterocycles. The monoisotopic (exact) mass is 295 g/mol. The lowest BCUT2D eigenvalue weighted by Crippen LogP contribution is -2.16. The van der Waals surface area contributed by atoms with Crippen molar-refractivity contribution in [2.75, 3.05) is 10.6 Å². The zero-order valence-electron chi connectivity index (χ0n) is 8.14. The van der Waals surface area contributed by atoms with Crippen molar-refractivity contribution >= 4 is 27.5 Å². The standard InChI is InChI=1S/C10H9BrF3NO/c11-6-5-9(16)15-8-4-2-1-3-7(8)10(12,13)14/h1-4H,5-6H2,(H,15,16). The number of hydrogen-bond acceptors (Lipinski definition) is 1. The molecule has 0 aromatic heterocycles. The Bertz CT molecular complexity index is 379. The predicted octanol–water partition coefficient (Wildman–Crippen LogP) is 3.43. The van der Waals surface area contributed by atoms with Crippen LogP contribution in [0.4, 0.5) is 18.9 Å². The molecule has 16 heavy (non-hydrogen) atoms. The number of para-hydroxylation sites is 1. The highest BCUT2D eigenvalue weighted by molar-refractivity contribution is 9.09. The molecule has 0 aliphatic carbocycles. The molecule has 1 rings (SSSR count). The van der Waals surface area contributed by atoms with Gasteiger partial charge in [-0.1, -0.05) is 28.1 Å². The van der Waals surface area contributed by atoms with E-state index in [0.29, 0.717) is 5.33 Å². The summed E-state index contributed by atoms with van der Waals surface area (Å²) in [4.78, 5) is 11.2. The molecule has 0 aliphatic rings. The molecular formula is C10H9BrF3NO. The van der Waals surface area contributed by atoms with Gasteiger partial charge in [-0.05, 0) is 12.1 Å². The van der Waals surface area contributed by atoms with Crippen LogP contribution in [-0.2, 0) is 11.0 Å². The van der Waals surface area contributed by atoms with Gasteiger partial charge in [0.25, 0.3) is 0 Å². The van der Waals surface area contributed by atoms with Gasteiger partial charge in [-0.25, -0.2) is 0 Å². The Hall–Kier alpha value is -1.04. The average molecular weight is 296 g/mol. The quantitative estimate of drug-likeness (QED) is 0.851. The van der Waals surface area contributed by atoms with E-state index in [2.05, 4.69) is 21.2 Å². The first kappa shape index (κ1) is 13.0. The maximum Gasteiger partial charge on any atom is 0.418 e. The molecular weight excluding hydrogens is 287 g/mol. The number of carbonyl (C=O) groups excluding carboxylic acids is 1. The van der Waals surface area contributed by atoms with Gasteiger partial charge in [-0.2, -0.15) is 13.2 Å². The summed E-state index contributed by atoms with van der Waals surface area (Å²) in [5, 5.41) is 2.64. The molecule has 0 fully saturated rings. The molecule has 88 valence electrons. The summed E-state index contributed by atoms with van der Waals surface area (Å²) in [5.74, 6) is -0.450. The van der Waals surface area contributed by atoms with Crippen LogP contribution in [0.1, 0.15) is 12.0 Å². The van der Waals surface area contributed by atoms with E-state index in [1.165, 1.54) is 18.2 Å². The fourth-order valence-corrected chi connectivity index (χ4v) is 1.50. The Morgan fingerprint density at radius 3 is 2.50 bits per heavy atom. The minimum absolute atomic E-state index is 0.131. The van der Waals surface area contributed by atoms with Gasteiger partial charge in [0.2, 0.25) is 5.91 Å². The van der Waals surface area contributed by atoms with Crippen LogP contribution < -0.4 is 5.32 Å². The highest BCUT2D eigenvalue weighted by Crippen LogP contribution is 2.34. The van der Waals surface area contributed by atoms with Gasteiger partial charge in [0.05, 0.1) is 11.3 Å².